The van der Waals surface area contributed by atoms with E-state index in [-0.39, 0.29) is 32.5 Å². The summed E-state index contributed by atoms with van der Waals surface area (Å²) in [6.45, 7) is 41.0. The van der Waals surface area contributed by atoms with E-state index in [1.165, 1.54) is 33.4 Å². The Hall–Kier alpha value is -1.76. The molecule has 2 aromatic carbocycles. The molecule has 0 N–H and O–H groups in total. The van der Waals surface area contributed by atoms with Crippen LogP contribution in [-0.4, -0.2) is 7.11 Å². The normalized spacial score (nSPS) is 13.7. The summed E-state index contributed by atoms with van der Waals surface area (Å²) in [6.07, 6.45) is 0. The highest BCUT2D eigenvalue weighted by Gasteiger charge is 2.30. The van der Waals surface area contributed by atoms with Gasteiger partial charge in [0.1, 0.15) is 5.75 Å². The van der Waals surface area contributed by atoms with Crippen molar-refractivity contribution in [2.75, 3.05) is 7.11 Å². The molecular formula is C37H62O. The van der Waals surface area contributed by atoms with Crippen LogP contribution in [0.4, 0.5) is 0 Å². The van der Waals surface area contributed by atoms with Gasteiger partial charge in [-0.05, 0) is 54.7 Å². The summed E-state index contributed by atoms with van der Waals surface area (Å²) in [5, 5.41) is 0. The molecule has 38 heavy (non-hydrogen) atoms. The number of benzene rings is 2. The van der Waals surface area contributed by atoms with E-state index in [1.807, 2.05) is 0 Å². The molecule has 0 aromatic heterocycles. The smallest absolute Gasteiger partial charge is 0.126 e. The van der Waals surface area contributed by atoms with Crippen molar-refractivity contribution in [3.8, 4) is 5.75 Å². The van der Waals surface area contributed by atoms with Gasteiger partial charge in [-0.2, -0.15) is 0 Å². The first kappa shape index (κ1) is 34.3. The minimum absolute atomic E-state index is 0.0760. The van der Waals surface area contributed by atoms with Gasteiger partial charge in [-0.3, -0.25) is 0 Å². The molecule has 0 bridgehead atoms. The Kier molecular flexibility index (Phi) is 9.93. The Morgan fingerprint density at radius 3 is 0.711 bits per heavy atom. The lowest BCUT2D eigenvalue weighted by Crippen LogP contribution is -2.22. The molecule has 1 heteroatoms. The van der Waals surface area contributed by atoms with Crippen LogP contribution in [0.1, 0.15) is 158 Å². The van der Waals surface area contributed by atoms with Crippen LogP contribution in [0.5, 0.6) is 5.75 Å². The van der Waals surface area contributed by atoms with Crippen molar-refractivity contribution in [3.05, 3.63) is 63.7 Å². The summed E-state index contributed by atoms with van der Waals surface area (Å²) >= 11 is 0. The van der Waals surface area contributed by atoms with Crippen molar-refractivity contribution in [2.24, 2.45) is 0 Å². The highest BCUT2D eigenvalue weighted by molar-refractivity contribution is 5.52. The maximum atomic E-state index is 5.80. The average Bonchev–Trinajstić information content (AvgIpc) is 2.69. The fraction of sp³-hybridized carbons (Fsp3) is 0.676. The molecule has 2 aromatic rings. The standard InChI is InChI=1S/C19H32O.C18H30/c1-17(2,3)13-11-14(18(4,5)6)16(20-10)15(12-13)19(7,8)9;1-16(2,3)13-10-14(17(4,5)6)12-15(11-13)18(7,8)9/h11-12H,1-10H3;10-12H,1-9H3. The third kappa shape index (κ3) is 9.17. The predicted octanol–water partition coefficient (Wildman–Crippen LogP) is 11.2. The number of ether oxygens (including phenoxy) is 1. The second-order valence-electron chi connectivity index (χ2n) is 17.4. The third-order valence-electron chi connectivity index (χ3n) is 7.31. The van der Waals surface area contributed by atoms with E-state index in [0.29, 0.717) is 0 Å². The summed E-state index contributed by atoms with van der Waals surface area (Å²) in [7, 11) is 1.79. The highest BCUT2D eigenvalue weighted by Crippen LogP contribution is 2.42. The van der Waals surface area contributed by atoms with E-state index in [4.69, 9.17) is 4.74 Å². The Bertz CT molecular complexity index is 958. The lowest BCUT2D eigenvalue weighted by molar-refractivity contribution is 0.380. The fourth-order valence-corrected chi connectivity index (χ4v) is 4.32. The van der Waals surface area contributed by atoms with Crippen LogP contribution in [0.15, 0.2) is 30.3 Å². The van der Waals surface area contributed by atoms with Crippen molar-refractivity contribution >= 4 is 0 Å². The van der Waals surface area contributed by atoms with Gasteiger partial charge in [0.25, 0.3) is 0 Å². The molecule has 0 saturated heterocycles. The van der Waals surface area contributed by atoms with Gasteiger partial charge in [-0.1, -0.05) is 155 Å². The molecule has 1 nitrogen and oxygen atoms in total. The maximum absolute atomic E-state index is 5.80. The molecule has 0 fully saturated rings. The summed E-state index contributed by atoms with van der Waals surface area (Å²) in [5.74, 6) is 1.05. The van der Waals surface area contributed by atoms with Crippen molar-refractivity contribution in [1.29, 1.82) is 0 Å². The number of methoxy groups -OCH3 is 1. The minimum atomic E-state index is 0.0760. The molecule has 0 aliphatic heterocycles. The van der Waals surface area contributed by atoms with Crippen LogP contribution >= 0.6 is 0 Å². The minimum Gasteiger partial charge on any atom is -0.496 e. The summed E-state index contributed by atoms with van der Waals surface area (Å²) in [6, 6.07) is 11.8. The summed E-state index contributed by atoms with van der Waals surface area (Å²) in [4.78, 5) is 0. The van der Waals surface area contributed by atoms with Crippen LogP contribution in [0.25, 0.3) is 0 Å². The lowest BCUT2D eigenvalue weighted by atomic mass is 9.75. The number of hydrogen-bond acceptors (Lipinski definition) is 1. The van der Waals surface area contributed by atoms with Crippen molar-refractivity contribution in [3.63, 3.8) is 0 Å². The molecule has 0 unspecified atom stereocenters. The van der Waals surface area contributed by atoms with Crippen LogP contribution in [0.3, 0.4) is 0 Å². The SMILES string of the molecule is CC(C)(C)c1cc(C(C)(C)C)cc(C(C)(C)C)c1.COc1c(C(C)(C)C)cc(C(C)(C)C)cc1C(C)(C)C. The van der Waals surface area contributed by atoms with E-state index in [2.05, 4.69) is 155 Å². The second kappa shape index (κ2) is 11.0. The van der Waals surface area contributed by atoms with Gasteiger partial charge >= 0.3 is 0 Å². The van der Waals surface area contributed by atoms with Crippen molar-refractivity contribution in [2.45, 2.75) is 157 Å². The van der Waals surface area contributed by atoms with Crippen molar-refractivity contribution in [1.82, 2.24) is 0 Å². The average molecular weight is 523 g/mol. The zero-order valence-electron chi connectivity index (χ0n) is 28.8. The third-order valence-corrected chi connectivity index (χ3v) is 7.31. The molecule has 0 spiro atoms. The van der Waals surface area contributed by atoms with Gasteiger partial charge < -0.3 is 4.74 Å². The van der Waals surface area contributed by atoms with Crippen LogP contribution in [0, 0.1) is 0 Å². The van der Waals surface area contributed by atoms with Crippen molar-refractivity contribution < 1.29 is 4.74 Å². The van der Waals surface area contributed by atoms with E-state index >= 15 is 0 Å². The van der Waals surface area contributed by atoms with Gasteiger partial charge in [0.05, 0.1) is 7.11 Å². The van der Waals surface area contributed by atoms with Crippen LogP contribution < -0.4 is 4.74 Å². The molecule has 0 amide bonds. The van der Waals surface area contributed by atoms with Gasteiger partial charge in [0.15, 0.2) is 0 Å². The molecular weight excluding hydrogens is 460 g/mol. The summed E-state index contributed by atoms with van der Waals surface area (Å²) < 4.78 is 5.80. The molecule has 0 saturated carbocycles. The van der Waals surface area contributed by atoms with E-state index < -0.39 is 0 Å². The first-order valence-electron chi connectivity index (χ1n) is 14.5. The van der Waals surface area contributed by atoms with E-state index in [0.717, 1.165) is 5.75 Å². The summed E-state index contributed by atoms with van der Waals surface area (Å²) in [5.41, 5.74) is 9.25. The van der Waals surface area contributed by atoms with E-state index in [1.54, 1.807) is 7.11 Å². The molecule has 0 aliphatic carbocycles. The topological polar surface area (TPSA) is 9.23 Å². The van der Waals surface area contributed by atoms with E-state index in [9.17, 15) is 0 Å². The quantitative estimate of drug-likeness (QED) is 0.362. The highest BCUT2D eigenvalue weighted by atomic mass is 16.5. The van der Waals surface area contributed by atoms with Gasteiger partial charge in [-0.25, -0.2) is 0 Å². The molecule has 0 aliphatic rings. The Morgan fingerprint density at radius 2 is 0.553 bits per heavy atom. The second-order valence-corrected chi connectivity index (χ2v) is 17.4. The fourth-order valence-electron chi connectivity index (χ4n) is 4.32. The zero-order valence-corrected chi connectivity index (χ0v) is 28.8. The Morgan fingerprint density at radius 1 is 0.342 bits per heavy atom. The first-order chi connectivity index (χ1) is 16.6. The molecule has 0 atom stereocenters. The number of hydrogen-bond donors (Lipinski definition) is 0. The molecule has 0 radical (unpaired) electrons. The monoisotopic (exact) mass is 522 g/mol. The van der Waals surface area contributed by atoms with Crippen LogP contribution in [-0.2, 0) is 32.5 Å². The van der Waals surface area contributed by atoms with Crippen LogP contribution in [0.2, 0.25) is 0 Å². The molecule has 2 rings (SSSR count). The van der Waals surface area contributed by atoms with Gasteiger partial charge in [0, 0.05) is 11.1 Å². The van der Waals surface area contributed by atoms with Gasteiger partial charge in [0.2, 0.25) is 0 Å². The molecule has 216 valence electrons. The first-order valence-corrected chi connectivity index (χ1v) is 14.5. The zero-order chi connectivity index (χ0) is 30.3. The van der Waals surface area contributed by atoms with Gasteiger partial charge in [-0.15, -0.1) is 0 Å². The Balaban J connectivity index is 0.000000382. The lowest BCUT2D eigenvalue weighted by Gasteiger charge is -2.32. The maximum Gasteiger partial charge on any atom is 0.126 e. The predicted molar refractivity (Wildman–Crippen MR) is 172 cm³/mol. The molecule has 0 heterocycles. The Labute approximate surface area is 238 Å². The largest absolute Gasteiger partial charge is 0.496 e. The number of rotatable bonds is 1.